The van der Waals surface area contributed by atoms with Crippen molar-refractivity contribution < 1.29 is 33.9 Å². The Morgan fingerprint density at radius 1 is 1.24 bits per heavy atom. The Labute approximate surface area is 195 Å². The number of methoxy groups -OCH3 is 1. The minimum Gasteiger partial charge on any atom is -0.466 e. The van der Waals surface area contributed by atoms with Gasteiger partial charge in [-0.2, -0.15) is 0 Å². The average Bonchev–Trinajstić information content (AvgIpc) is 3.14. The normalized spacial score (nSPS) is 16.1. The van der Waals surface area contributed by atoms with E-state index in [1.807, 2.05) is 4.90 Å². The van der Waals surface area contributed by atoms with E-state index >= 15 is 0 Å². The van der Waals surface area contributed by atoms with Crippen molar-refractivity contribution in [3.05, 3.63) is 39.6 Å². The number of piperazine rings is 1. The average molecular weight is 477 g/mol. The lowest BCUT2D eigenvalue weighted by Crippen LogP contribution is -2.49. The number of nitro groups is 1. The van der Waals surface area contributed by atoms with Crippen molar-refractivity contribution in [2.75, 3.05) is 69.8 Å². The van der Waals surface area contributed by atoms with Gasteiger partial charge in [-0.3, -0.25) is 14.9 Å². The Bertz CT molecular complexity index is 1000. The zero-order valence-electron chi connectivity index (χ0n) is 19.0. The van der Waals surface area contributed by atoms with Crippen molar-refractivity contribution in [2.45, 2.75) is 6.92 Å². The number of nitrogens with one attached hydrogen (secondary N) is 1. The largest absolute Gasteiger partial charge is 0.466 e. The Morgan fingerprint density at radius 3 is 2.53 bits per heavy atom. The predicted octanol–water partition coefficient (Wildman–Crippen LogP) is 0.547. The summed E-state index contributed by atoms with van der Waals surface area (Å²) in [4.78, 5) is 52.8. The van der Waals surface area contributed by atoms with E-state index in [1.165, 1.54) is 24.1 Å². The Kier molecular flexibility index (Phi) is 7.89. The lowest BCUT2D eigenvalue weighted by Gasteiger charge is -2.35. The van der Waals surface area contributed by atoms with Crippen LogP contribution >= 0.6 is 0 Å². The minimum atomic E-state index is -0.745. The van der Waals surface area contributed by atoms with Crippen LogP contribution < -0.4 is 10.2 Å². The first-order valence-corrected chi connectivity index (χ1v) is 10.7. The number of nitrogens with zero attached hydrogens (tertiary/aromatic N) is 4. The van der Waals surface area contributed by atoms with Crippen molar-refractivity contribution in [3.63, 3.8) is 0 Å². The lowest BCUT2D eigenvalue weighted by atomic mass is 10.1. The van der Waals surface area contributed by atoms with Crippen molar-refractivity contribution in [2.24, 2.45) is 0 Å². The van der Waals surface area contributed by atoms with Crippen LogP contribution in [0.1, 0.15) is 6.92 Å². The van der Waals surface area contributed by atoms with Crippen molar-refractivity contribution in [1.29, 1.82) is 0 Å². The van der Waals surface area contributed by atoms with Crippen LogP contribution in [0, 0.1) is 10.1 Å². The molecule has 0 radical (unpaired) electrons. The van der Waals surface area contributed by atoms with Crippen molar-refractivity contribution in [3.8, 4) is 0 Å². The van der Waals surface area contributed by atoms with E-state index in [-0.39, 0.29) is 55.0 Å². The number of nitro benzene ring substituents is 1. The first-order valence-electron chi connectivity index (χ1n) is 10.7. The summed E-state index contributed by atoms with van der Waals surface area (Å²) < 4.78 is 9.78. The van der Waals surface area contributed by atoms with Crippen LogP contribution in [0.3, 0.4) is 0 Å². The topological polar surface area (TPSA) is 155 Å². The molecule has 1 aromatic carbocycles. The quantitative estimate of drug-likeness (QED) is 0.308. The summed E-state index contributed by atoms with van der Waals surface area (Å²) in [7, 11) is 1.17. The second-order valence-electron chi connectivity index (χ2n) is 7.55. The fourth-order valence-electron chi connectivity index (χ4n) is 3.83. The molecule has 3 rings (SSSR count). The summed E-state index contributed by atoms with van der Waals surface area (Å²) in [5.41, 5.74) is 0.288. The molecule has 34 heavy (non-hydrogen) atoms. The van der Waals surface area contributed by atoms with Crippen LogP contribution in [0.5, 0.6) is 0 Å². The van der Waals surface area contributed by atoms with Gasteiger partial charge in [-0.1, -0.05) is 0 Å². The highest BCUT2D eigenvalue weighted by molar-refractivity contribution is 6.08. The number of aliphatic hydroxyl groups excluding tert-OH is 1. The minimum absolute atomic E-state index is 0.00260. The molecule has 184 valence electrons. The van der Waals surface area contributed by atoms with Crippen LogP contribution in [0.25, 0.3) is 0 Å². The van der Waals surface area contributed by atoms with Gasteiger partial charge in [0.25, 0.3) is 11.6 Å². The summed E-state index contributed by atoms with van der Waals surface area (Å²) in [6.45, 7) is 3.43. The van der Waals surface area contributed by atoms with Gasteiger partial charge in [0.1, 0.15) is 11.4 Å². The van der Waals surface area contributed by atoms with E-state index in [2.05, 4.69) is 5.32 Å². The van der Waals surface area contributed by atoms with Gasteiger partial charge in [0.05, 0.1) is 37.4 Å². The number of benzene rings is 1. The molecular weight excluding hydrogens is 450 g/mol. The number of aliphatic hydroxyl groups is 1. The predicted molar refractivity (Wildman–Crippen MR) is 120 cm³/mol. The highest BCUT2D eigenvalue weighted by atomic mass is 16.6. The van der Waals surface area contributed by atoms with E-state index in [0.717, 1.165) is 0 Å². The lowest BCUT2D eigenvalue weighted by molar-refractivity contribution is -0.383. The van der Waals surface area contributed by atoms with Crippen LogP contribution in [-0.4, -0.2) is 97.4 Å². The molecule has 0 saturated carbocycles. The highest BCUT2D eigenvalue weighted by Gasteiger charge is 2.35. The van der Waals surface area contributed by atoms with Gasteiger partial charge in [0.2, 0.25) is 0 Å². The Morgan fingerprint density at radius 2 is 1.94 bits per heavy atom. The number of hydrogen-bond donors (Lipinski definition) is 2. The summed E-state index contributed by atoms with van der Waals surface area (Å²) in [5.74, 6) is -1.32. The van der Waals surface area contributed by atoms with E-state index in [1.54, 1.807) is 17.9 Å². The molecule has 0 aliphatic carbocycles. The van der Waals surface area contributed by atoms with Gasteiger partial charge in [0.15, 0.2) is 0 Å². The number of esters is 1. The summed E-state index contributed by atoms with van der Waals surface area (Å²) >= 11 is 0. The Hall–Kier alpha value is -3.87. The standard InChI is InChI=1S/C21H27N5O8/c1-3-34-21(30)24-8-6-23(7-9-24)14-4-5-17(26(31)32)16(12-14)22-18-15(20(29)33-2)13-25(10-11-27)19(18)28/h4-5,12,22,27H,3,6-11,13H2,1-2H3. The third kappa shape index (κ3) is 5.20. The fraction of sp³-hybridized carbons (Fsp3) is 0.476. The molecule has 1 saturated heterocycles. The van der Waals surface area contributed by atoms with Gasteiger partial charge in [0, 0.05) is 44.5 Å². The summed E-state index contributed by atoms with van der Waals surface area (Å²) in [5, 5.41) is 23.6. The monoisotopic (exact) mass is 477 g/mol. The van der Waals surface area contributed by atoms with Crippen LogP contribution in [0.4, 0.5) is 21.9 Å². The highest BCUT2D eigenvalue weighted by Crippen LogP contribution is 2.33. The number of carbonyl (C=O) groups excluding carboxylic acids is 3. The second-order valence-corrected chi connectivity index (χ2v) is 7.55. The van der Waals surface area contributed by atoms with Gasteiger partial charge >= 0.3 is 12.1 Å². The molecule has 13 heteroatoms. The molecule has 0 atom stereocenters. The molecule has 0 bridgehead atoms. The Balaban J connectivity index is 1.87. The number of rotatable bonds is 8. The maximum Gasteiger partial charge on any atom is 0.409 e. The number of carbonyl (C=O) groups is 3. The first-order chi connectivity index (χ1) is 16.3. The molecule has 0 unspecified atom stereocenters. The molecule has 0 spiro atoms. The molecular formula is C21H27N5O8. The van der Waals surface area contributed by atoms with E-state index < -0.39 is 16.8 Å². The molecule has 0 aromatic heterocycles. The molecule has 1 aromatic rings. The van der Waals surface area contributed by atoms with Crippen LogP contribution in [-0.2, 0) is 19.1 Å². The number of ether oxygens (including phenoxy) is 2. The number of amides is 2. The molecule has 2 aliphatic rings. The van der Waals surface area contributed by atoms with Gasteiger partial charge in [-0.05, 0) is 19.1 Å². The second kappa shape index (κ2) is 10.8. The number of β-amino-alcohol motifs (C(OH)–C–C–N with tert-alkyl or cyclic N) is 1. The summed E-state index contributed by atoms with van der Waals surface area (Å²) in [6.07, 6.45) is -0.386. The zero-order chi connectivity index (χ0) is 24.8. The van der Waals surface area contributed by atoms with Gasteiger partial charge in [-0.25, -0.2) is 9.59 Å². The van der Waals surface area contributed by atoms with Gasteiger partial charge < -0.3 is 34.6 Å². The van der Waals surface area contributed by atoms with Crippen molar-refractivity contribution in [1.82, 2.24) is 9.80 Å². The van der Waals surface area contributed by atoms with E-state index in [4.69, 9.17) is 9.47 Å². The summed E-state index contributed by atoms with van der Waals surface area (Å²) in [6, 6.07) is 4.44. The van der Waals surface area contributed by atoms with Gasteiger partial charge in [-0.15, -0.1) is 0 Å². The molecule has 13 nitrogen and oxygen atoms in total. The van der Waals surface area contributed by atoms with E-state index in [9.17, 15) is 29.6 Å². The van der Waals surface area contributed by atoms with Crippen LogP contribution in [0.15, 0.2) is 29.5 Å². The maximum atomic E-state index is 12.8. The molecule has 2 aliphatic heterocycles. The third-order valence-electron chi connectivity index (χ3n) is 5.56. The third-order valence-corrected chi connectivity index (χ3v) is 5.56. The molecule has 2 amide bonds. The SMILES string of the molecule is CCOC(=O)N1CCN(c2ccc([N+](=O)[O-])c(NC3=C(C(=O)OC)CN(CCO)C3=O)c2)CC1. The number of hydrogen-bond acceptors (Lipinski definition) is 10. The zero-order valence-corrected chi connectivity index (χ0v) is 19.0. The smallest absolute Gasteiger partial charge is 0.409 e. The van der Waals surface area contributed by atoms with Crippen LogP contribution in [0.2, 0.25) is 0 Å². The first kappa shape index (κ1) is 24.8. The van der Waals surface area contributed by atoms with Crippen molar-refractivity contribution >= 4 is 35.0 Å². The fourth-order valence-corrected chi connectivity index (χ4v) is 3.83. The molecule has 2 heterocycles. The molecule has 2 N–H and O–H groups in total. The maximum absolute atomic E-state index is 12.8. The molecule has 1 fully saturated rings. The van der Waals surface area contributed by atoms with E-state index in [0.29, 0.717) is 31.9 Å². The number of anilines is 2.